The van der Waals surface area contributed by atoms with Crippen LogP contribution >= 0.6 is 0 Å². The van der Waals surface area contributed by atoms with Crippen molar-refractivity contribution < 1.29 is 28.6 Å². The number of carbonyl (C=O) groups excluding carboxylic acids is 3. The molecule has 0 aromatic heterocycles. The maximum Gasteiger partial charge on any atom is 0.306 e. The highest BCUT2D eigenvalue weighted by Gasteiger charge is 2.19. The molecule has 0 heterocycles. The third-order valence-corrected chi connectivity index (χ3v) is 14.3. The van der Waals surface area contributed by atoms with Crippen molar-refractivity contribution in [1.82, 2.24) is 0 Å². The van der Waals surface area contributed by atoms with Gasteiger partial charge >= 0.3 is 17.9 Å². The standard InChI is InChI=1S/C67H122O6/c1-4-7-10-13-16-19-22-25-27-28-29-30-31-32-33-34-35-36-37-38-39-41-42-45-48-51-54-57-60-66(69)72-63-64(62-71-65(68)59-56-53-50-47-44-24-21-18-15-12-9-6-3)73-67(70)61-58-55-52-49-46-43-40-26-23-20-17-14-11-8-5-2/h8,11,17,20,26,40,46,49,64H,4-7,9-10,12-16,18-19,21-25,27-39,41-45,47-48,50-63H2,1-3H3/b11-8-,20-17-,40-26-,49-46-. The van der Waals surface area contributed by atoms with Crippen LogP contribution in [0.15, 0.2) is 48.6 Å². The summed E-state index contributed by atoms with van der Waals surface area (Å²) >= 11 is 0. The van der Waals surface area contributed by atoms with Crippen LogP contribution in [0.4, 0.5) is 0 Å². The van der Waals surface area contributed by atoms with Crippen LogP contribution in [-0.2, 0) is 28.6 Å². The molecule has 0 aromatic carbocycles. The fraction of sp³-hybridized carbons (Fsp3) is 0.836. The van der Waals surface area contributed by atoms with Crippen molar-refractivity contribution in [2.45, 2.75) is 348 Å². The predicted octanol–water partition coefficient (Wildman–Crippen LogP) is 21.8. The molecule has 0 spiro atoms. The van der Waals surface area contributed by atoms with Gasteiger partial charge in [0.1, 0.15) is 13.2 Å². The normalized spacial score (nSPS) is 12.3. The summed E-state index contributed by atoms with van der Waals surface area (Å²) in [5.41, 5.74) is 0. The van der Waals surface area contributed by atoms with E-state index < -0.39 is 6.10 Å². The zero-order chi connectivity index (χ0) is 52.9. The van der Waals surface area contributed by atoms with E-state index in [9.17, 15) is 14.4 Å². The van der Waals surface area contributed by atoms with E-state index in [1.54, 1.807) is 0 Å². The summed E-state index contributed by atoms with van der Waals surface area (Å²) in [5.74, 6) is -0.908. The second-order valence-electron chi connectivity index (χ2n) is 21.7. The van der Waals surface area contributed by atoms with E-state index in [1.165, 1.54) is 218 Å². The molecule has 0 fully saturated rings. The van der Waals surface area contributed by atoms with Crippen molar-refractivity contribution in [3.8, 4) is 0 Å². The van der Waals surface area contributed by atoms with E-state index in [2.05, 4.69) is 69.4 Å². The maximum atomic E-state index is 12.8. The summed E-state index contributed by atoms with van der Waals surface area (Å²) in [7, 11) is 0. The molecule has 0 aliphatic heterocycles. The molecule has 0 N–H and O–H groups in total. The van der Waals surface area contributed by atoms with Gasteiger partial charge in [-0.05, 0) is 57.8 Å². The fourth-order valence-corrected chi connectivity index (χ4v) is 9.56. The first-order chi connectivity index (χ1) is 36.0. The minimum atomic E-state index is -0.791. The largest absolute Gasteiger partial charge is 0.462 e. The Bertz CT molecular complexity index is 1270. The molecular formula is C67H122O6. The Kier molecular flexibility index (Phi) is 59.7. The van der Waals surface area contributed by atoms with Gasteiger partial charge in [0, 0.05) is 19.3 Å². The number of hydrogen-bond acceptors (Lipinski definition) is 6. The Morgan fingerprint density at radius 1 is 0.288 bits per heavy atom. The summed E-state index contributed by atoms with van der Waals surface area (Å²) in [5, 5.41) is 0. The van der Waals surface area contributed by atoms with Gasteiger partial charge in [0.05, 0.1) is 0 Å². The lowest BCUT2D eigenvalue weighted by atomic mass is 10.0. The SMILES string of the molecule is CC/C=C\C/C=C\C/C=C\C/C=C\CCCCC(=O)OC(COC(=O)CCCCCCCCCCCCCC)COC(=O)CCCCCCCCCCCCCCCCCCCCCCCCCCCCCC. The number of rotatable bonds is 59. The number of ether oxygens (including phenoxy) is 3. The molecule has 0 aliphatic rings. The third-order valence-electron chi connectivity index (χ3n) is 14.3. The summed E-state index contributed by atoms with van der Waals surface area (Å²) < 4.78 is 16.9. The van der Waals surface area contributed by atoms with Crippen molar-refractivity contribution in [2.24, 2.45) is 0 Å². The van der Waals surface area contributed by atoms with E-state index in [0.29, 0.717) is 19.3 Å². The summed E-state index contributed by atoms with van der Waals surface area (Å²) in [6, 6.07) is 0. The summed E-state index contributed by atoms with van der Waals surface area (Å²) in [4.78, 5) is 38.2. The lowest BCUT2D eigenvalue weighted by Gasteiger charge is -2.18. The molecule has 0 aliphatic carbocycles. The molecule has 73 heavy (non-hydrogen) atoms. The Labute approximate surface area is 454 Å². The lowest BCUT2D eigenvalue weighted by molar-refractivity contribution is -0.167. The molecule has 0 amide bonds. The van der Waals surface area contributed by atoms with Crippen molar-refractivity contribution in [3.63, 3.8) is 0 Å². The molecule has 0 saturated carbocycles. The van der Waals surface area contributed by atoms with Gasteiger partial charge < -0.3 is 14.2 Å². The number of unbranched alkanes of at least 4 members (excludes halogenated alkanes) is 40. The van der Waals surface area contributed by atoms with E-state index in [0.717, 1.165) is 77.0 Å². The molecular weight excluding hydrogens is 901 g/mol. The minimum Gasteiger partial charge on any atom is -0.462 e. The molecule has 0 radical (unpaired) electrons. The number of carbonyl (C=O) groups is 3. The third kappa shape index (κ3) is 60.1. The molecule has 426 valence electrons. The van der Waals surface area contributed by atoms with Gasteiger partial charge in [0.15, 0.2) is 6.10 Å². The molecule has 6 nitrogen and oxygen atoms in total. The first kappa shape index (κ1) is 70.4. The summed E-state index contributed by atoms with van der Waals surface area (Å²) in [6.45, 7) is 6.54. The Balaban J connectivity index is 4.18. The van der Waals surface area contributed by atoms with Crippen LogP contribution in [0.5, 0.6) is 0 Å². The van der Waals surface area contributed by atoms with Gasteiger partial charge in [-0.15, -0.1) is 0 Å². The minimum absolute atomic E-state index is 0.0854. The molecule has 0 rings (SSSR count). The number of esters is 3. The molecule has 0 aromatic rings. The second-order valence-corrected chi connectivity index (χ2v) is 21.7. The summed E-state index contributed by atoms with van der Waals surface area (Å²) in [6.07, 6.45) is 77.2. The van der Waals surface area contributed by atoms with Gasteiger partial charge in [-0.25, -0.2) is 0 Å². The zero-order valence-electron chi connectivity index (χ0n) is 48.9. The van der Waals surface area contributed by atoms with E-state index in [4.69, 9.17) is 14.2 Å². The van der Waals surface area contributed by atoms with E-state index >= 15 is 0 Å². The number of allylic oxidation sites excluding steroid dienone is 8. The van der Waals surface area contributed by atoms with E-state index in [-0.39, 0.29) is 37.5 Å². The molecule has 0 saturated heterocycles. The second kappa shape index (κ2) is 61.9. The van der Waals surface area contributed by atoms with E-state index in [1.807, 2.05) is 0 Å². The quantitative estimate of drug-likeness (QED) is 0.0261. The van der Waals surface area contributed by atoms with Gasteiger partial charge in [0.2, 0.25) is 0 Å². The molecule has 1 unspecified atom stereocenters. The van der Waals surface area contributed by atoms with Gasteiger partial charge in [-0.3, -0.25) is 14.4 Å². The fourth-order valence-electron chi connectivity index (χ4n) is 9.56. The highest BCUT2D eigenvalue weighted by Crippen LogP contribution is 2.18. The molecule has 1 atom stereocenters. The Morgan fingerprint density at radius 3 is 0.836 bits per heavy atom. The van der Waals surface area contributed by atoms with Crippen LogP contribution in [0.2, 0.25) is 0 Å². The average molecular weight is 1020 g/mol. The molecule has 6 heteroatoms. The van der Waals surface area contributed by atoms with Crippen LogP contribution in [0.3, 0.4) is 0 Å². The smallest absolute Gasteiger partial charge is 0.306 e. The van der Waals surface area contributed by atoms with Crippen molar-refractivity contribution >= 4 is 17.9 Å². The zero-order valence-corrected chi connectivity index (χ0v) is 48.9. The molecule has 0 bridgehead atoms. The van der Waals surface area contributed by atoms with Crippen molar-refractivity contribution in [2.75, 3.05) is 13.2 Å². The average Bonchev–Trinajstić information content (AvgIpc) is 3.39. The Hall–Kier alpha value is -2.63. The first-order valence-corrected chi connectivity index (χ1v) is 32.1. The monoisotopic (exact) mass is 1020 g/mol. The van der Waals surface area contributed by atoms with Crippen LogP contribution < -0.4 is 0 Å². The first-order valence-electron chi connectivity index (χ1n) is 32.1. The van der Waals surface area contributed by atoms with Crippen LogP contribution in [0.25, 0.3) is 0 Å². The van der Waals surface area contributed by atoms with Crippen LogP contribution in [0, 0.1) is 0 Å². The topological polar surface area (TPSA) is 78.9 Å². The van der Waals surface area contributed by atoms with Crippen LogP contribution in [-0.4, -0.2) is 37.2 Å². The van der Waals surface area contributed by atoms with Gasteiger partial charge in [-0.2, -0.15) is 0 Å². The predicted molar refractivity (Wildman–Crippen MR) is 316 cm³/mol. The lowest BCUT2D eigenvalue weighted by Crippen LogP contribution is -2.30. The highest BCUT2D eigenvalue weighted by molar-refractivity contribution is 5.71. The number of hydrogen-bond donors (Lipinski definition) is 0. The maximum absolute atomic E-state index is 12.8. The van der Waals surface area contributed by atoms with Gasteiger partial charge in [0.25, 0.3) is 0 Å². The van der Waals surface area contributed by atoms with Crippen molar-refractivity contribution in [3.05, 3.63) is 48.6 Å². The Morgan fingerprint density at radius 2 is 0.534 bits per heavy atom. The van der Waals surface area contributed by atoms with Crippen molar-refractivity contribution in [1.29, 1.82) is 0 Å². The van der Waals surface area contributed by atoms with Crippen LogP contribution in [0.1, 0.15) is 342 Å². The van der Waals surface area contributed by atoms with Gasteiger partial charge in [-0.1, -0.05) is 313 Å². The highest BCUT2D eigenvalue weighted by atomic mass is 16.6.